The lowest BCUT2D eigenvalue weighted by atomic mass is 9.87. The van der Waals surface area contributed by atoms with Crippen molar-refractivity contribution in [3.8, 4) is 0 Å². The third-order valence-corrected chi connectivity index (χ3v) is 6.08. The van der Waals surface area contributed by atoms with E-state index in [2.05, 4.69) is 12.1 Å². The predicted molar refractivity (Wildman–Crippen MR) is 122 cm³/mol. The molecule has 174 valence electrons. The lowest BCUT2D eigenvalue weighted by Gasteiger charge is -2.21. The fraction of sp³-hybridized carbons (Fsp3) is 0.654. The molecule has 5 nitrogen and oxygen atoms in total. The smallest absolute Gasteiger partial charge is 0.306 e. The minimum atomic E-state index is -0.566. The molecule has 0 aromatic heterocycles. The largest absolute Gasteiger partial charge is 0.463 e. The highest BCUT2D eigenvalue weighted by Gasteiger charge is 2.39. The van der Waals surface area contributed by atoms with Gasteiger partial charge < -0.3 is 20.1 Å². The molecule has 1 aromatic rings. The van der Waals surface area contributed by atoms with Gasteiger partial charge in [0.15, 0.2) is 0 Å². The minimum absolute atomic E-state index is 0.0125. The molecule has 0 bridgehead atoms. The van der Waals surface area contributed by atoms with Crippen LogP contribution < -0.4 is 0 Å². The number of benzene rings is 1. The molecule has 0 spiro atoms. The quantitative estimate of drug-likeness (QED) is 0.247. The van der Waals surface area contributed by atoms with Crippen molar-refractivity contribution in [2.45, 2.75) is 96.1 Å². The van der Waals surface area contributed by atoms with Crippen molar-refractivity contribution in [3.05, 3.63) is 48.0 Å². The predicted octanol–water partition coefficient (Wildman–Crippen LogP) is 4.19. The van der Waals surface area contributed by atoms with Gasteiger partial charge in [-0.15, -0.1) is 0 Å². The van der Waals surface area contributed by atoms with Crippen molar-refractivity contribution in [3.63, 3.8) is 0 Å². The fourth-order valence-electron chi connectivity index (χ4n) is 4.41. The first-order valence-corrected chi connectivity index (χ1v) is 11.8. The molecule has 0 saturated heterocycles. The number of hydrogen-bond donors (Lipinski definition) is 3. The number of carbonyl (C=O) groups excluding carboxylic acids is 1. The summed E-state index contributed by atoms with van der Waals surface area (Å²) >= 11 is 0. The van der Waals surface area contributed by atoms with Gasteiger partial charge in [0.2, 0.25) is 0 Å². The number of ether oxygens (including phenoxy) is 1. The highest BCUT2D eigenvalue weighted by atomic mass is 16.5. The summed E-state index contributed by atoms with van der Waals surface area (Å²) in [5.41, 5.74) is 1.20. The average Bonchev–Trinajstić information content (AvgIpc) is 3.00. The zero-order chi connectivity index (χ0) is 22.6. The second-order valence-electron chi connectivity index (χ2n) is 9.08. The van der Waals surface area contributed by atoms with Gasteiger partial charge in [0, 0.05) is 18.8 Å². The van der Waals surface area contributed by atoms with Crippen LogP contribution in [0, 0.1) is 11.8 Å². The Labute approximate surface area is 187 Å². The van der Waals surface area contributed by atoms with Crippen molar-refractivity contribution >= 4 is 5.97 Å². The van der Waals surface area contributed by atoms with Crippen molar-refractivity contribution in [2.24, 2.45) is 11.8 Å². The number of unbranched alkanes of at least 4 members (excludes halogenated alkanes) is 3. The number of carbonyl (C=O) groups is 1. The van der Waals surface area contributed by atoms with Crippen molar-refractivity contribution in [1.29, 1.82) is 0 Å². The standard InChI is InChI=1S/C26H40O5/c1-19(2)31-26(30)13-9-4-3-8-12-22-23(25(29)18-24(22)28)17-16-21(27)15-14-20-10-6-5-7-11-20/h5-7,10-11,16-17,19,21-25,27-29H,3-4,8-9,12-15,18H2,1-2H3/t21-,22-,23-,24+,25-/m1/s1. The van der Waals surface area contributed by atoms with Gasteiger partial charge in [-0.25, -0.2) is 0 Å². The first-order chi connectivity index (χ1) is 14.9. The summed E-state index contributed by atoms with van der Waals surface area (Å²) in [6, 6.07) is 10.1. The summed E-state index contributed by atoms with van der Waals surface area (Å²) in [5, 5.41) is 31.1. The SMILES string of the molecule is CC(C)OC(=O)CCCCCC[C@@H]1[C@@H](C=C[C@H](O)CCc2ccccc2)[C@H](O)C[C@@H]1O. The molecule has 1 saturated carbocycles. The Kier molecular flexibility index (Phi) is 11.3. The molecular weight excluding hydrogens is 392 g/mol. The van der Waals surface area contributed by atoms with Crippen LogP contribution in [0.4, 0.5) is 0 Å². The van der Waals surface area contributed by atoms with Crippen molar-refractivity contribution in [1.82, 2.24) is 0 Å². The molecule has 3 N–H and O–H groups in total. The molecule has 1 aromatic carbocycles. The third-order valence-electron chi connectivity index (χ3n) is 6.08. The molecule has 0 heterocycles. The zero-order valence-electron chi connectivity index (χ0n) is 19.0. The molecule has 31 heavy (non-hydrogen) atoms. The summed E-state index contributed by atoms with van der Waals surface area (Å²) in [6.45, 7) is 3.71. The van der Waals surface area contributed by atoms with E-state index in [9.17, 15) is 20.1 Å². The monoisotopic (exact) mass is 432 g/mol. The van der Waals surface area contributed by atoms with E-state index in [-0.39, 0.29) is 23.9 Å². The van der Waals surface area contributed by atoms with Crippen LogP contribution in [-0.4, -0.2) is 45.7 Å². The number of hydrogen-bond acceptors (Lipinski definition) is 5. The molecule has 5 heteroatoms. The molecule has 0 amide bonds. The van der Waals surface area contributed by atoms with E-state index in [0.29, 0.717) is 19.3 Å². The van der Waals surface area contributed by atoms with Gasteiger partial charge >= 0.3 is 5.97 Å². The second-order valence-corrected chi connectivity index (χ2v) is 9.08. The summed E-state index contributed by atoms with van der Waals surface area (Å²) in [4.78, 5) is 11.6. The second kappa shape index (κ2) is 13.7. The summed E-state index contributed by atoms with van der Waals surface area (Å²) in [7, 11) is 0. The van der Waals surface area contributed by atoms with E-state index in [4.69, 9.17) is 4.74 Å². The van der Waals surface area contributed by atoms with E-state index in [1.807, 2.05) is 38.1 Å². The van der Waals surface area contributed by atoms with Gasteiger partial charge in [-0.05, 0) is 51.0 Å². The van der Waals surface area contributed by atoms with E-state index < -0.39 is 18.3 Å². The van der Waals surface area contributed by atoms with Crippen molar-refractivity contribution in [2.75, 3.05) is 0 Å². The first-order valence-electron chi connectivity index (χ1n) is 11.8. The maximum atomic E-state index is 11.6. The molecule has 0 aliphatic heterocycles. The summed E-state index contributed by atoms with van der Waals surface area (Å²) in [5.74, 6) is -0.249. The normalized spacial score (nSPS) is 24.7. The summed E-state index contributed by atoms with van der Waals surface area (Å²) < 4.78 is 5.14. The highest BCUT2D eigenvalue weighted by molar-refractivity contribution is 5.69. The molecule has 0 radical (unpaired) electrons. The fourth-order valence-corrected chi connectivity index (χ4v) is 4.41. The highest BCUT2D eigenvalue weighted by Crippen LogP contribution is 2.37. The van der Waals surface area contributed by atoms with Crippen LogP contribution in [0.25, 0.3) is 0 Å². The Morgan fingerprint density at radius 3 is 2.52 bits per heavy atom. The van der Waals surface area contributed by atoms with Crippen LogP contribution in [0.2, 0.25) is 0 Å². The maximum Gasteiger partial charge on any atom is 0.306 e. The van der Waals surface area contributed by atoms with Crippen molar-refractivity contribution < 1.29 is 24.9 Å². The molecule has 0 unspecified atom stereocenters. The Morgan fingerprint density at radius 1 is 1.10 bits per heavy atom. The van der Waals surface area contributed by atoms with E-state index in [0.717, 1.165) is 38.5 Å². The van der Waals surface area contributed by atoms with E-state index in [1.165, 1.54) is 5.56 Å². The lowest BCUT2D eigenvalue weighted by molar-refractivity contribution is -0.147. The molecule has 2 rings (SSSR count). The topological polar surface area (TPSA) is 87.0 Å². The number of esters is 1. The Hall–Kier alpha value is -1.69. The number of rotatable bonds is 13. The van der Waals surface area contributed by atoms with Crippen LogP contribution in [-0.2, 0) is 16.0 Å². The molecule has 1 aliphatic rings. The van der Waals surface area contributed by atoms with Gasteiger partial charge in [-0.1, -0.05) is 61.7 Å². The van der Waals surface area contributed by atoms with Gasteiger partial charge in [0.05, 0.1) is 24.4 Å². The van der Waals surface area contributed by atoms with Crippen LogP contribution in [0.1, 0.15) is 70.8 Å². The van der Waals surface area contributed by atoms with E-state index in [1.54, 1.807) is 6.08 Å². The molecule has 1 fully saturated rings. The van der Waals surface area contributed by atoms with Crippen LogP contribution >= 0.6 is 0 Å². The minimum Gasteiger partial charge on any atom is -0.463 e. The van der Waals surface area contributed by atoms with Gasteiger partial charge in [-0.3, -0.25) is 4.79 Å². The molecular formula is C26H40O5. The Bertz CT molecular complexity index is 657. The third kappa shape index (κ3) is 9.55. The van der Waals surface area contributed by atoms with E-state index >= 15 is 0 Å². The summed E-state index contributed by atoms with van der Waals surface area (Å²) in [6.07, 6.45) is 8.82. The first kappa shape index (κ1) is 25.6. The lowest BCUT2D eigenvalue weighted by Crippen LogP contribution is -2.21. The Balaban J connectivity index is 1.71. The number of aliphatic hydroxyl groups excluding tert-OH is 3. The van der Waals surface area contributed by atoms with Crippen LogP contribution in [0.15, 0.2) is 42.5 Å². The average molecular weight is 433 g/mol. The number of aliphatic hydroxyl groups is 3. The maximum absolute atomic E-state index is 11.6. The number of aryl methyl sites for hydroxylation is 1. The zero-order valence-corrected chi connectivity index (χ0v) is 19.0. The van der Waals surface area contributed by atoms with Crippen LogP contribution in [0.5, 0.6) is 0 Å². The molecule has 1 aliphatic carbocycles. The van der Waals surface area contributed by atoms with Gasteiger partial charge in [0.25, 0.3) is 0 Å². The van der Waals surface area contributed by atoms with Crippen LogP contribution in [0.3, 0.4) is 0 Å². The molecule has 5 atom stereocenters. The van der Waals surface area contributed by atoms with Gasteiger partial charge in [0.1, 0.15) is 0 Å². The van der Waals surface area contributed by atoms with Gasteiger partial charge in [-0.2, -0.15) is 0 Å². The Morgan fingerprint density at radius 2 is 1.81 bits per heavy atom.